The van der Waals surface area contributed by atoms with Gasteiger partial charge in [0, 0.05) is 35.6 Å². The Hall–Kier alpha value is -2.72. The number of piperidine rings is 1. The van der Waals surface area contributed by atoms with Crippen LogP contribution in [0, 0.1) is 6.92 Å². The minimum Gasteiger partial charge on any atom is -0.318 e. The number of aryl methyl sites for hydroxylation is 1. The standard InChI is InChI=1S/C21H24FN7OS/c1-12-25-28-20(31-12)13-2-5-18-14(8-13)9-19(27-26-18)24-21(30)29-16-3-4-17(29)11-15(10-16)23-7-6-22/h2,5,8-9,15-17,23H,3-4,6-7,10-11H2,1H3,(H,24,27,30)/t15-,16+,17?/m0/s1. The second-order valence-corrected chi connectivity index (χ2v) is 9.34. The van der Waals surface area contributed by atoms with Gasteiger partial charge in [0.25, 0.3) is 0 Å². The Morgan fingerprint density at radius 2 is 1.97 bits per heavy atom. The summed E-state index contributed by atoms with van der Waals surface area (Å²) < 4.78 is 12.5. The Morgan fingerprint density at radius 1 is 1.16 bits per heavy atom. The minimum absolute atomic E-state index is 0.138. The maximum absolute atomic E-state index is 13.0. The number of rotatable bonds is 5. The Labute approximate surface area is 183 Å². The summed E-state index contributed by atoms with van der Waals surface area (Å²) in [6.07, 6.45) is 3.69. The van der Waals surface area contributed by atoms with Crippen molar-refractivity contribution in [2.75, 3.05) is 18.5 Å². The molecule has 10 heteroatoms. The number of hydrogen-bond donors (Lipinski definition) is 2. The number of alkyl halides is 1. The van der Waals surface area contributed by atoms with Crippen molar-refractivity contribution >= 4 is 34.1 Å². The first kappa shape index (κ1) is 20.2. The number of fused-ring (bicyclic) bond motifs is 3. The van der Waals surface area contributed by atoms with Crippen LogP contribution in [0.1, 0.15) is 30.7 Å². The van der Waals surface area contributed by atoms with E-state index in [-0.39, 0.29) is 30.8 Å². The number of nitrogens with one attached hydrogen (secondary N) is 2. The molecule has 2 aromatic heterocycles. The molecule has 2 saturated heterocycles. The van der Waals surface area contributed by atoms with Gasteiger partial charge in [0.15, 0.2) is 5.82 Å². The molecule has 0 saturated carbocycles. The second-order valence-electron chi connectivity index (χ2n) is 8.16. The van der Waals surface area contributed by atoms with Crippen LogP contribution in [-0.4, -0.2) is 62.7 Å². The van der Waals surface area contributed by atoms with Crippen LogP contribution in [-0.2, 0) is 0 Å². The van der Waals surface area contributed by atoms with Crippen LogP contribution in [0.2, 0.25) is 0 Å². The van der Waals surface area contributed by atoms with Gasteiger partial charge in [-0.15, -0.1) is 20.4 Å². The number of carbonyl (C=O) groups excluding carboxylic acids is 1. The van der Waals surface area contributed by atoms with E-state index < -0.39 is 0 Å². The Balaban J connectivity index is 1.31. The van der Waals surface area contributed by atoms with Crippen LogP contribution in [0.15, 0.2) is 24.3 Å². The molecule has 162 valence electrons. The van der Waals surface area contributed by atoms with Crippen LogP contribution in [0.5, 0.6) is 0 Å². The van der Waals surface area contributed by atoms with E-state index in [1.54, 1.807) is 0 Å². The van der Waals surface area contributed by atoms with Gasteiger partial charge in [-0.05, 0) is 56.9 Å². The zero-order valence-corrected chi connectivity index (χ0v) is 18.0. The summed E-state index contributed by atoms with van der Waals surface area (Å²) in [5.74, 6) is 0.431. The highest BCUT2D eigenvalue weighted by molar-refractivity contribution is 7.14. The van der Waals surface area contributed by atoms with Crippen molar-refractivity contribution in [3.8, 4) is 10.6 Å². The van der Waals surface area contributed by atoms with E-state index in [0.717, 1.165) is 52.2 Å². The lowest BCUT2D eigenvalue weighted by Gasteiger charge is -2.39. The number of halogens is 1. The molecule has 2 amide bonds. The molecule has 2 aliphatic rings. The summed E-state index contributed by atoms with van der Waals surface area (Å²) in [5, 5.41) is 25.6. The Kier molecular flexibility index (Phi) is 5.49. The molecule has 4 heterocycles. The third-order valence-electron chi connectivity index (χ3n) is 6.09. The number of aromatic nitrogens is 4. The quantitative estimate of drug-likeness (QED) is 0.629. The molecule has 3 atom stereocenters. The zero-order chi connectivity index (χ0) is 21.4. The summed E-state index contributed by atoms with van der Waals surface area (Å²) in [6, 6.07) is 8.18. The fraction of sp³-hybridized carbons (Fsp3) is 0.476. The van der Waals surface area contributed by atoms with E-state index in [1.165, 1.54) is 11.3 Å². The van der Waals surface area contributed by atoms with Gasteiger partial charge >= 0.3 is 6.03 Å². The van der Waals surface area contributed by atoms with Gasteiger partial charge in [-0.2, -0.15) is 0 Å². The van der Waals surface area contributed by atoms with Crippen LogP contribution < -0.4 is 10.6 Å². The fourth-order valence-electron chi connectivity index (χ4n) is 4.76. The van der Waals surface area contributed by atoms with Crippen molar-refractivity contribution in [1.29, 1.82) is 0 Å². The minimum atomic E-state index is -0.364. The third kappa shape index (κ3) is 4.09. The maximum atomic E-state index is 13.0. The zero-order valence-electron chi connectivity index (χ0n) is 17.2. The van der Waals surface area contributed by atoms with Gasteiger partial charge < -0.3 is 10.2 Å². The first-order valence-electron chi connectivity index (χ1n) is 10.6. The smallest absolute Gasteiger partial charge is 0.318 e. The largest absolute Gasteiger partial charge is 0.323 e. The number of hydrogen-bond acceptors (Lipinski definition) is 7. The normalized spacial score (nSPS) is 22.8. The summed E-state index contributed by atoms with van der Waals surface area (Å²) in [6.45, 7) is 1.94. The number of urea groups is 1. The summed E-state index contributed by atoms with van der Waals surface area (Å²) in [5.41, 5.74) is 1.71. The topological polar surface area (TPSA) is 95.9 Å². The Morgan fingerprint density at radius 3 is 2.68 bits per heavy atom. The summed E-state index contributed by atoms with van der Waals surface area (Å²) >= 11 is 1.53. The predicted octanol–water partition coefficient (Wildman–Crippen LogP) is 3.54. The Bertz CT molecular complexity index is 1090. The molecule has 0 aliphatic carbocycles. The number of nitrogens with zero attached hydrogens (tertiary/aromatic N) is 5. The highest BCUT2D eigenvalue weighted by Gasteiger charge is 2.43. The predicted molar refractivity (Wildman–Crippen MR) is 118 cm³/mol. The van der Waals surface area contributed by atoms with Crippen LogP contribution >= 0.6 is 11.3 Å². The van der Waals surface area contributed by atoms with Crippen LogP contribution in [0.3, 0.4) is 0 Å². The van der Waals surface area contributed by atoms with Crippen molar-refractivity contribution < 1.29 is 9.18 Å². The van der Waals surface area contributed by atoms with Gasteiger partial charge in [-0.1, -0.05) is 11.3 Å². The van der Waals surface area contributed by atoms with Crippen molar-refractivity contribution in [3.63, 3.8) is 0 Å². The van der Waals surface area contributed by atoms with Gasteiger partial charge in [-0.25, -0.2) is 9.18 Å². The van der Waals surface area contributed by atoms with E-state index in [9.17, 15) is 9.18 Å². The monoisotopic (exact) mass is 441 g/mol. The van der Waals surface area contributed by atoms with Crippen LogP contribution in [0.25, 0.3) is 21.5 Å². The van der Waals surface area contributed by atoms with Crippen LogP contribution in [0.4, 0.5) is 15.0 Å². The lowest BCUT2D eigenvalue weighted by Crippen LogP contribution is -2.53. The van der Waals surface area contributed by atoms with E-state index >= 15 is 0 Å². The van der Waals surface area contributed by atoms with E-state index in [1.807, 2.05) is 36.1 Å². The molecular weight excluding hydrogens is 417 g/mol. The van der Waals surface area contributed by atoms with Crippen molar-refractivity contribution in [2.24, 2.45) is 0 Å². The van der Waals surface area contributed by atoms with E-state index in [4.69, 9.17) is 0 Å². The molecule has 0 radical (unpaired) electrons. The highest BCUT2D eigenvalue weighted by atomic mass is 32.1. The molecule has 2 bridgehead atoms. The lowest BCUT2D eigenvalue weighted by molar-refractivity contribution is 0.141. The average molecular weight is 442 g/mol. The molecule has 2 aliphatic heterocycles. The van der Waals surface area contributed by atoms with Crippen molar-refractivity contribution in [2.45, 2.75) is 50.7 Å². The first-order valence-corrected chi connectivity index (χ1v) is 11.4. The average Bonchev–Trinajstić information content (AvgIpc) is 3.32. The number of amides is 2. The molecule has 3 aromatic rings. The SMILES string of the molecule is Cc1nnc(-c2ccc3nnc(NC(=O)N4C5CC[C@@H]4C[C@H](NCCF)C5)cc3c2)s1. The number of carbonyl (C=O) groups is 1. The van der Waals surface area contributed by atoms with Gasteiger partial charge in [-0.3, -0.25) is 5.32 Å². The van der Waals surface area contributed by atoms with Crippen molar-refractivity contribution in [3.05, 3.63) is 29.3 Å². The molecule has 8 nitrogen and oxygen atoms in total. The molecule has 1 aromatic carbocycles. The third-order valence-corrected chi connectivity index (χ3v) is 6.98. The van der Waals surface area contributed by atoms with Crippen molar-refractivity contribution in [1.82, 2.24) is 30.6 Å². The molecule has 2 N–H and O–H groups in total. The maximum Gasteiger partial charge on any atom is 0.323 e. The van der Waals surface area contributed by atoms with E-state index in [2.05, 4.69) is 31.0 Å². The van der Waals surface area contributed by atoms with Gasteiger partial charge in [0.1, 0.15) is 16.7 Å². The lowest BCUT2D eigenvalue weighted by atomic mass is 9.97. The first-order chi connectivity index (χ1) is 15.1. The van der Waals surface area contributed by atoms with Gasteiger partial charge in [0.05, 0.1) is 5.52 Å². The molecular formula is C21H24FN7OS. The highest BCUT2D eigenvalue weighted by Crippen LogP contribution is 2.36. The van der Waals surface area contributed by atoms with Gasteiger partial charge in [0.2, 0.25) is 0 Å². The molecule has 0 spiro atoms. The fourth-order valence-corrected chi connectivity index (χ4v) is 5.45. The molecule has 2 fully saturated rings. The van der Waals surface area contributed by atoms with E-state index in [0.29, 0.717) is 12.4 Å². The second kappa shape index (κ2) is 8.43. The summed E-state index contributed by atoms with van der Waals surface area (Å²) in [7, 11) is 0. The molecule has 1 unspecified atom stereocenters. The number of benzene rings is 1. The number of anilines is 1. The molecule has 31 heavy (non-hydrogen) atoms. The molecule has 5 rings (SSSR count). The summed E-state index contributed by atoms with van der Waals surface area (Å²) in [4.78, 5) is 15.0.